The van der Waals surface area contributed by atoms with Gasteiger partial charge >= 0.3 is 6.36 Å². The molecule has 168 valence electrons. The van der Waals surface area contributed by atoms with Crippen LogP contribution < -0.4 is 10.1 Å². The maximum absolute atomic E-state index is 12.3. The summed E-state index contributed by atoms with van der Waals surface area (Å²) in [6.45, 7) is 0.623. The molecule has 32 heavy (non-hydrogen) atoms. The monoisotopic (exact) mass is 448 g/mol. The average molecular weight is 448 g/mol. The SMILES string of the molecule is O=Cc1cn(CCCCc2ccc(NC(=O)Cc3cccc(OC(F)(F)F)c3)nn2)nn1. The van der Waals surface area contributed by atoms with Gasteiger partial charge < -0.3 is 10.1 Å². The lowest BCUT2D eigenvalue weighted by Gasteiger charge is -2.10. The minimum absolute atomic E-state index is 0.146. The van der Waals surface area contributed by atoms with Crippen molar-refractivity contribution in [3.05, 3.63) is 59.5 Å². The largest absolute Gasteiger partial charge is 0.573 e. The number of hydrogen-bond donors (Lipinski definition) is 1. The standard InChI is InChI=1S/C20H19F3N6O3/c21-20(22,23)32-17-6-3-4-14(10-17)11-19(31)24-18-8-7-15(25-27-18)5-1-2-9-29-12-16(13-30)26-28-29/h3-4,6-8,10,12-13H,1-2,5,9,11H2,(H,24,27,31). The molecular weight excluding hydrogens is 429 g/mol. The molecule has 2 aromatic heterocycles. The van der Waals surface area contributed by atoms with E-state index in [1.165, 1.54) is 12.1 Å². The lowest BCUT2D eigenvalue weighted by atomic mass is 10.1. The van der Waals surface area contributed by atoms with Crippen molar-refractivity contribution in [2.45, 2.75) is 38.6 Å². The summed E-state index contributed by atoms with van der Waals surface area (Å²) in [5.41, 5.74) is 1.39. The van der Waals surface area contributed by atoms with Gasteiger partial charge in [0.25, 0.3) is 0 Å². The highest BCUT2D eigenvalue weighted by atomic mass is 19.4. The van der Waals surface area contributed by atoms with E-state index >= 15 is 0 Å². The second kappa shape index (κ2) is 10.5. The molecule has 0 saturated heterocycles. The van der Waals surface area contributed by atoms with Gasteiger partial charge in [0.05, 0.1) is 18.3 Å². The summed E-state index contributed by atoms with van der Waals surface area (Å²) in [6.07, 6.45) is -0.446. The second-order valence-corrected chi connectivity index (χ2v) is 6.81. The van der Waals surface area contributed by atoms with Crippen LogP contribution in [0, 0.1) is 0 Å². The van der Waals surface area contributed by atoms with Gasteiger partial charge in [-0.3, -0.25) is 14.3 Å². The molecule has 0 fully saturated rings. The van der Waals surface area contributed by atoms with Gasteiger partial charge in [-0.15, -0.1) is 23.4 Å². The van der Waals surface area contributed by atoms with Crippen molar-refractivity contribution >= 4 is 18.0 Å². The first-order valence-electron chi connectivity index (χ1n) is 9.63. The minimum atomic E-state index is -4.80. The predicted octanol–water partition coefficient (Wildman–Crippen LogP) is 2.98. The molecule has 0 atom stereocenters. The Labute approximate surface area is 180 Å². The number of benzene rings is 1. The summed E-state index contributed by atoms with van der Waals surface area (Å²) in [6, 6.07) is 8.56. The van der Waals surface area contributed by atoms with E-state index in [2.05, 4.69) is 30.6 Å². The molecule has 2 heterocycles. The van der Waals surface area contributed by atoms with Crippen LogP contribution in [0.1, 0.15) is 34.6 Å². The number of amides is 1. The van der Waals surface area contributed by atoms with Crippen LogP contribution in [-0.2, 0) is 24.2 Å². The van der Waals surface area contributed by atoms with E-state index in [4.69, 9.17) is 0 Å². The number of rotatable bonds is 10. The summed E-state index contributed by atoms with van der Waals surface area (Å²) in [5.74, 6) is -0.593. The number of alkyl halides is 3. The van der Waals surface area contributed by atoms with E-state index in [1.807, 2.05) is 0 Å². The lowest BCUT2D eigenvalue weighted by Crippen LogP contribution is -2.18. The average Bonchev–Trinajstić information content (AvgIpc) is 3.19. The lowest BCUT2D eigenvalue weighted by molar-refractivity contribution is -0.274. The van der Waals surface area contributed by atoms with Crippen molar-refractivity contribution in [3.63, 3.8) is 0 Å². The first-order chi connectivity index (χ1) is 15.3. The van der Waals surface area contributed by atoms with Crippen molar-refractivity contribution in [2.75, 3.05) is 5.32 Å². The number of carbonyl (C=O) groups excluding carboxylic acids is 2. The molecule has 0 aliphatic carbocycles. The molecule has 1 N–H and O–H groups in total. The molecule has 1 aromatic carbocycles. The first kappa shape index (κ1) is 22.8. The normalized spacial score (nSPS) is 11.2. The third-order valence-electron chi connectivity index (χ3n) is 4.23. The van der Waals surface area contributed by atoms with E-state index in [1.54, 1.807) is 23.0 Å². The van der Waals surface area contributed by atoms with Crippen molar-refractivity contribution in [2.24, 2.45) is 0 Å². The molecule has 0 saturated carbocycles. The quantitative estimate of drug-likeness (QED) is 0.375. The number of unbranched alkanes of at least 4 members (excludes halogenated alkanes) is 1. The van der Waals surface area contributed by atoms with Crippen molar-refractivity contribution in [3.8, 4) is 5.75 Å². The fourth-order valence-corrected chi connectivity index (χ4v) is 2.84. The molecule has 0 aliphatic rings. The second-order valence-electron chi connectivity index (χ2n) is 6.81. The fraction of sp³-hybridized carbons (Fsp3) is 0.300. The third kappa shape index (κ3) is 7.45. The molecule has 0 unspecified atom stereocenters. The summed E-state index contributed by atoms with van der Waals surface area (Å²) in [7, 11) is 0. The molecule has 3 rings (SSSR count). The smallest absolute Gasteiger partial charge is 0.406 e. The summed E-state index contributed by atoms with van der Waals surface area (Å²) in [4.78, 5) is 22.7. The van der Waals surface area contributed by atoms with Gasteiger partial charge in [0.1, 0.15) is 11.4 Å². The van der Waals surface area contributed by atoms with Crippen LogP contribution in [0.25, 0.3) is 0 Å². The van der Waals surface area contributed by atoms with Crippen LogP contribution in [0.3, 0.4) is 0 Å². The number of nitrogens with zero attached hydrogens (tertiary/aromatic N) is 5. The Balaban J connectivity index is 1.43. The van der Waals surface area contributed by atoms with Gasteiger partial charge in [-0.25, -0.2) is 0 Å². The van der Waals surface area contributed by atoms with Crippen molar-refractivity contribution < 1.29 is 27.5 Å². The maximum atomic E-state index is 12.3. The predicted molar refractivity (Wildman–Crippen MR) is 106 cm³/mol. The molecule has 12 heteroatoms. The van der Waals surface area contributed by atoms with Crippen molar-refractivity contribution in [1.29, 1.82) is 0 Å². The van der Waals surface area contributed by atoms with Crippen LogP contribution in [0.2, 0.25) is 0 Å². The Morgan fingerprint density at radius 3 is 2.66 bits per heavy atom. The number of aryl methyl sites for hydroxylation is 2. The Kier molecular flexibility index (Phi) is 7.47. The zero-order valence-corrected chi connectivity index (χ0v) is 16.7. The topological polar surface area (TPSA) is 112 Å². The van der Waals surface area contributed by atoms with E-state index in [0.29, 0.717) is 24.8 Å². The molecular formula is C20H19F3N6O3. The molecule has 0 bridgehead atoms. The summed E-state index contributed by atoms with van der Waals surface area (Å²) < 4.78 is 42.4. The van der Waals surface area contributed by atoms with Gasteiger partial charge in [0.15, 0.2) is 12.1 Å². The van der Waals surface area contributed by atoms with Gasteiger partial charge in [0, 0.05) is 6.54 Å². The van der Waals surface area contributed by atoms with Crippen LogP contribution in [0.5, 0.6) is 5.75 Å². The van der Waals surface area contributed by atoms with Crippen LogP contribution in [0.15, 0.2) is 42.6 Å². The van der Waals surface area contributed by atoms with E-state index in [-0.39, 0.29) is 23.7 Å². The number of ether oxygens (including phenoxy) is 1. The van der Waals surface area contributed by atoms with Gasteiger partial charge in [-0.05, 0) is 49.1 Å². The molecule has 3 aromatic rings. The number of nitrogens with one attached hydrogen (secondary N) is 1. The van der Waals surface area contributed by atoms with Gasteiger partial charge in [-0.1, -0.05) is 17.3 Å². The molecule has 1 amide bonds. The highest BCUT2D eigenvalue weighted by Crippen LogP contribution is 2.23. The number of carbonyl (C=O) groups is 2. The minimum Gasteiger partial charge on any atom is -0.406 e. The Hall–Kier alpha value is -3.83. The number of anilines is 1. The Bertz CT molecular complexity index is 1050. The number of halogens is 3. The van der Waals surface area contributed by atoms with Crippen LogP contribution in [0.4, 0.5) is 19.0 Å². The summed E-state index contributed by atoms with van der Waals surface area (Å²) >= 11 is 0. The van der Waals surface area contributed by atoms with Crippen molar-refractivity contribution in [1.82, 2.24) is 25.2 Å². The van der Waals surface area contributed by atoms with E-state index in [0.717, 1.165) is 30.7 Å². The first-order valence-corrected chi connectivity index (χ1v) is 9.63. The number of aldehydes is 1. The van der Waals surface area contributed by atoms with E-state index < -0.39 is 12.3 Å². The third-order valence-corrected chi connectivity index (χ3v) is 4.23. The number of aromatic nitrogens is 5. The molecule has 0 spiro atoms. The molecule has 0 radical (unpaired) electrons. The Morgan fingerprint density at radius 1 is 1.12 bits per heavy atom. The van der Waals surface area contributed by atoms with Gasteiger partial charge in [0.2, 0.25) is 5.91 Å². The zero-order valence-electron chi connectivity index (χ0n) is 16.7. The maximum Gasteiger partial charge on any atom is 0.573 e. The molecule has 9 nitrogen and oxygen atoms in total. The highest BCUT2D eigenvalue weighted by molar-refractivity contribution is 5.91. The number of hydrogen-bond acceptors (Lipinski definition) is 7. The van der Waals surface area contributed by atoms with E-state index in [9.17, 15) is 22.8 Å². The summed E-state index contributed by atoms with van der Waals surface area (Å²) in [5, 5.41) is 18.1. The van der Waals surface area contributed by atoms with Gasteiger partial charge in [-0.2, -0.15) is 5.10 Å². The fourth-order valence-electron chi connectivity index (χ4n) is 2.84. The Morgan fingerprint density at radius 2 is 1.97 bits per heavy atom. The highest BCUT2D eigenvalue weighted by Gasteiger charge is 2.31. The zero-order chi connectivity index (χ0) is 23.0. The molecule has 0 aliphatic heterocycles. The van der Waals surface area contributed by atoms with Crippen LogP contribution >= 0.6 is 0 Å². The van der Waals surface area contributed by atoms with Crippen LogP contribution in [-0.4, -0.2) is 43.7 Å².